The summed E-state index contributed by atoms with van der Waals surface area (Å²) in [7, 11) is 3.70. The Hall–Kier alpha value is -4.70. The molecule has 3 saturated heterocycles. The second-order valence-corrected chi connectivity index (χ2v) is 25.1. The van der Waals surface area contributed by atoms with Crippen molar-refractivity contribution in [3.8, 4) is 34.5 Å². The van der Waals surface area contributed by atoms with E-state index in [-0.39, 0.29) is 47.3 Å². The van der Waals surface area contributed by atoms with Crippen LogP contribution in [0.2, 0.25) is 0 Å². The fourth-order valence-electron chi connectivity index (χ4n) is 18.3. The predicted octanol–water partition coefficient (Wildman–Crippen LogP) is 5.09. The summed E-state index contributed by atoms with van der Waals surface area (Å²) in [4.78, 5) is 32.7. The minimum atomic E-state index is -0.940. The van der Waals surface area contributed by atoms with Crippen molar-refractivity contribution >= 4 is 11.6 Å². The van der Waals surface area contributed by atoms with Crippen LogP contribution < -0.4 is 18.9 Å². The number of rotatable bonds is 5. The molecular weight excluding hydrogens is 927 g/mol. The van der Waals surface area contributed by atoms with E-state index in [0.29, 0.717) is 48.7 Å². The van der Waals surface area contributed by atoms with Gasteiger partial charge in [-0.1, -0.05) is 24.8 Å². The van der Waals surface area contributed by atoms with Gasteiger partial charge in [-0.2, -0.15) is 0 Å². The van der Waals surface area contributed by atoms with Crippen molar-refractivity contribution in [3.63, 3.8) is 0 Å². The number of ketones is 2. The summed E-state index contributed by atoms with van der Waals surface area (Å²) in [5.74, 6) is 4.49. The predicted molar refractivity (Wildman–Crippen MR) is 267 cm³/mol. The number of hydrogen-bond acceptors (Lipinski definition) is 14. The Balaban J connectivity index is 0.0000000973. The van der Waals surface area contributed by atoms with Crippen LogP contribution in [-0.4, -0.2) is 152 Å². The zero-order chi connectivity index (χ0) is 49.9. The maximum absolute atomic E-state index is 12.7. The number of aliphatic hydroxyl groups is 3. The molecule has 17 rings (SSSR count). The number of ether oxygens (including phenoxy) is 4. The van der Waals surface area contributed by atoms with Gasteiger partial charge in [-0.3, -0.25) is 19.4 Å². The Morgan fingerprint density at radius 2 is 1.00 bits per heavy atom. The number of aromatic hydroxyl groups is 2. The van der Waals surface area contributed by atoms with Crippen molar-refractivity contribution in [1.29, 1.82) is 0 Å². The van der Waals surface area contributed by atoms with Crippen molar-refractivity contribution in [2.24, 2.45) is 11.8 Å². The molecule has 386 valence electrons. The van der Waals surface area contributed by atoms with Gasteiger partial charge in [0.25, 0.3) is 0 Å². The van der Waals surface area contributed by atoms with E-state index < -0.39 is 45.3 Å². The van der Waals surface area contributed by atoms with Gasteiger partial charge in [0, 0.05) is 60.7 Å². The fourth-order valence-corrected chi connectivity index (χ4v) is 18.3. The number of piperidine rings is 3. The molecule has 14 nitrogen and oxygen atoms in total. The normalized spacial score (nSPS) is 41.1. The number of likely N-dealkylation sites (tertiary alicyclic amines) is 3. The molecule has 0 amide bonds. The summed E-state index contributed by atoms with van der Waals surface area (Å²) in [6.07, 6.45) is 12.0. The Morgan fingerprint density at radius 1 is 0.575 bits per heavy atom. The lowest BCUT2D eigenvalue weighted by Gasteiger charge is -2.63. The third-order valence-corrected chi connectivity index (χ3v) is 22.0. The molecule has 12 atom stereocenters. The molecule has 3 aromatic rings. The van der Waals surface area contributed by atoms with Gasteiger partial charge >= 0.3 is 0 Å². The number of phenols is 2. The average molecular weight is 996 g/mol. The van der Waals surface area contributed by atoms with Gasteiger partial charge in [0.2, 0.25) is 0 Å². The third-order valence-electron chi connectivity index (χ3n) is 22.0. The largest absolute Gasteiger partial charge is 0.504 e. The van der Waals surface area contributed by atoms with Gasteiger partial charge in [0.15, 0.2) is 58.3 Å². The zero-order valence-corrected chi connectivity index (χ0v) is 42.2. The molecule has 5 saturated carbocycles. The van der Waals surface area contributed by atoms with Crippen molar-refractivity contribution in [3.05, 3.63) is 81.9 Å². The van der Waals surface area contributed by atoms with Crippen molar-refractivity contribution in [2.75, 3.05) is 46.9 Å². The van der Waals surface area contributed by atoms with Crippen LogP contribution in [0.4, 0.5) is 0 Å². The number of methoxy groups -OCH3 is 1. The van der Waals surface area contributed by atoms with E-state index in [2.05, 4.69) is 34.4 Å². The van der Waals surface area contributed by atoms with Crippen LogP contribution in [0.25, 0.3) is 0 Å². The summed E-state index contributed by atoms with van der Waals surface area (Å²) >= 11 is 0. The van der Waals surface area contributed by atoms with Gasteiger partial charge in [0.05, 0.1) is 40.2 Å². The average Bonchev–Trinajstić information content (AvgIpc) is 4.30. The third kappa shape index (κ3) is 5.55. The lowest BCUT2D eigenvalue weighted by atomic mass is 9.48. The smallest absolute Gasteiger partial charge is 0.174 e. The highest BCUT2D eigenvalue weighted by Crippen LogP contribution is 2.69. The molecule has 0 aromatic heterocycles. The number of likely N-dealkylation sites (N-methyl/N-ethyl adjacent to an activating group) is 1. The van der Waals surface area contributed by atoms with Crippen LogP contribution in [0.1, 0.15) is 117 Å². The molecule has 0 radical (unpaired) electrons. The lowest BCUT2D eigenvalue weighted by Crippen LogP contribution is -2.76. The molecular formula is C59H69N3O11. The van der Waals surface area contributed by atoms with Crippen LogP contribution in [0.5, 0.6) is 34.5 Å². The molecule has 6 heterocycles. The number of carbonyl (C=O) groups is 2. The molecule has 14 heteroatoms. The van der Waals surface area contributed by atoms with Gasteiger partial charge < -0.3 is 49.4 Å². The summed E-state index contributed by atoms with van der Waals surface area (Å²) in [6, 6.07) is 11.7. The second-order valence-electron chi connectivity index (χ2n) is 25.1. The van der Waals surface area contributed by atoms with Crippen LogP contribution in [0.3, 0.4) is 0 Å². The number of carbonyl (C=O) groups excluding carboxylic acids is 2. The number of hydrogen-bond donors (Lipinski definition) is 5. The highest BCUT2D eigenvalue weighted by Gasteiger charge is 2.76. The standard InChI is InChI=1S/C21H25NO3.C20H23NO4.C18H21NO4/c1-12-6-7-21(24)16-10-14-4-5-15(23)18-17(14)20(21,19(12)25-18)8-9-22(16)11-13-2-3-13;22-13-4-3-12-9-15-20(24)6-5-14(23)18-19(20,16(12)17(13)25-18)7-8-21(15)10-11-1-2-11;1-19-8-7-17-14-10-3-4-12(22-2)15(14)23-16(17)11(20)5-6-18(17,21)13(19)9-10/h4-5,13,16,19,23-24H,1-3,6-11H2;3-4,11,15,18,22,24H,1-2,5-10H2;3-4,13,16,21H,5-9H2,1-2H3/t16-,19+,20+,21-;15-,18+,19+,20-;13-,16+,17+,18-/m111/s1. The second kappa shape index (κ2) is 15.0. The number of benzene rings is 3. The SMILES string of the molecule is C=C1CC[C@@]2(O)[C@H]3Cc4ccc(O)c5c4[C@@]2(CCN3CC2CC2)[C@H]1O5.COc1ccc2c3c1O[C@H]1C(=O)CC[C@@]4(O)[C@@H](C2)N(C)CC[C@]314.O=C1CC[C@@]2(O)[C@H]3Cc4ccc(O)c5c4[C@@]2(CCN3CC2CC2)[C@H]1O5. The molecule has 6 aliphatic heterocycles. The Kier molecular flexibility index (Phi) is 9.40. The van der Waals surface area contributed by atoms with Crippen molar-refractivity contribution in [2.45, 2.75) is 172 Å². The van der Waals surface area contributed by atoms with Gasteiger partial charge in [-0.25, -0.2) is 0 Å². The van der Waals surface area contributed by atoms with Crippen LogP contribution in [0.15, 0.2) is 48.6 Å². The molecule has 8 fully saturated rings. The first-order valence-electron chi connectivity index (χ1n) is 27.6. The first kappa shape index (κ1) is 45.7. The topological polar surface area (TPSA) is 182 Å². The summed E-state index contributed by atoms with van der Waals surface area (Å²) in [5, 5.41) is 56.5. The Morgan fingerprint density at radius 3 is 1.52 bits per heavy atom. The highest BCUT2D eigenvalue weighted by atomic mass is 16.5. The van der Waals surface area contributed by atoms with Crippen LogP contribution >= 0.6 is 0 Å². The maximum Gasteiger partial charge on any atom is 0.174 e. The quantitative estimate of drug-likeness (QED) is 0.214. The van der Waals surface area contributed by atoms with Crippen LogP contribution in [0, 0.1) is 11.8 Å². The Bertz CT molecular complexity index is 2820. The van der Waals surface area contributed by atoms with E-state index in [0.717, 1.165) is 124 Å². The molecule has 8 aliphatic carbocycles. The van der Waals surface area contributed by atoms with E-state index >= 15 is 0 Å². The summed E-state index contributed by atoms with van der Waals surface area (Å²) in [5.41, 5.74) is 3.40. The molecule has 6 bridgehead atoms. The fraction of sp³-hybridized carbons (Fsp3) is 0.627. The van der Waals surface area contributed by atoms with E-state index in [1.54, 1.807) is 19.2 Å². The monoisotopic (exact) mass is 995 g/mol. The molecule has 0 unspecified atom stereocenters. The molecule has 14 aliphatic rings. The van der Waals surface area contributed by atoms with E-state index in [1.165, 1.54) is 36.8 Å². The van der Waals surface area contributed by atoms with Gasteiger partial charge in [-0.05, 0) is 169 Å². The number of nitrogens with zero attached hydrogens (tertiary/aromatic N) is 3. The minimum Gasteiger partial charge on any atom is -0.504 e. The molecule has 3 aromatic carbocycles. The molecule has 73 heavy (non-hydrogen) atoms. The first-order chi connectivity index (χ1) is 35.1. The van der Waals surface area contributed by atoms with Crippen molar-refractivity contribution in [1.82, 2.24) is 14.7 Å². The van der Waals surface area contributed by atoms with Gasteiger partial charge in [-0.15, -0.1) is 0 Å². The number of Topliss-reactive ketones (excluding diaryl/α,β-unsaturated/α-hetero) is 2. The van der Waals surface area contributed by atoms with E-state index in [4.69, 9.17) is 18.9 Å². The first-order valence-corrected chi connectivity index (χ1v) is 27.6. The molecule has 5 N–H and O–H groups in total. The van der Waals surface area contributed by atoms with Crippen molar-refractivity contribution < 1.29 is 54.1 Å². The Labute approximate surface area is 426 Å². The maximum atomic E-state index is 12.7. The minimum absolute atomic E-state index is 0.0438. The van der Waals surface area contributed by atoms with Crippen LogP contribution in [-0.2, 0) is 45.1 Å². The highest BCUT2D eigenvalue weighted by molar-refractivity contribution is 5.91. The van der Waals surface area contributed by atoms with E-state index in [1.807, 2.05) is 18.2 Å². The van der Waals surface area contributed by atoms with E-state index in [9.17, 15) is 35.1 Å². The molecule has 3 spiro atoms. The zero-order valence-electron chi connectivity index (χ0n) is 42.2. The summed E-state index contributed by atoms with van der Waals surface area (Å²) in [6.45, 7) is 9.23. The summed E-state index contributed by atoms with van der Waals surface area (Å²) < 4.78 is 24.0. The number of phenolic OH excluding ortho intramolecular Hbond substituents is 2. The van der Waals surface area contributed by atoms with Gasteiger partial charge in [0.1, 0.15) is 6.10 Å². The lowest BCUT2D eigenvalue weighted by molar-refractivity contribution is -0.188.